The predicted molar refractivity (Wildman–Crippen MR) is 50.3 cm³/mol. The fourth-order valence-corrected chi connectivity index (χ4v) is 1.62. The molecule has 1 aromatic rings. The van der Waals surface area contributed by atoms with Crippen LogP contribution in [0.5, 0.6) is 0 Å². The van der Waals surface area contributed by atoms with E-state index in [0.717, 1.165) is 17.4 Å². The number of aromatic amines is 1. The van der Waals surface area contributed by atoms with E-state index in [1.807, 2.05) is 0 Å². The molecule has 0 saturated heterocycles. The predicted octanol–water partition coefficient (Wildman–Crippen LogP) is 2.72. The molecule has 1 fully saturated rings. The van der Waals surface area contributed by atoms with Gasteiger partial charge >= 0.3 is 12.3 Å². The lowest BCUT2D eigenvalue weighted by Crippen LogP contribution is -2.32. The van der Waals surface area contributed by atoms with Gasteiger partial charge in [-0.15, -0.1) is 0 Å². The van der Waals surface area contributed by atoms with E-state index in [-0.39, 0.29) is 10.7 Å². The molecule has 1 saturated carbocycles. The van der Waals surface area contributed by atoms with E-state index in [2.05, 4.69) is 10.2 Å². The Morgan fingerprint density at radius 3 is 2.62 bits per heavy atom. The van der Waals surface area contributed by atoms with Gasteiger partial charge in [-0.25, -0.2) is 8.78 Å². The maximum atomic E-state index is 12.9. The summed E-state index contributed by atoms with van der Waals surface area (Å²) < 4.78 is 50.8. The van der Waals surface area contributed by atoms with Crippen LogP contribution in [0.4, 0.5) is 17.6 Å². The second-order valence-electron chi connectivity index (χ2n) is 3.81. The molecule has 0 amide bonds. The molecule has 0 radical (unpaired) electrons. The third-order valence-electron chi connectivity index (χ3n) is 2.42. The van der Waals surface area contributed by atoms with Crippen LogP contribution < -0.4 is 0 Å². The monoisotopic (exact) mass is 255 g/mol. The average Bonchev–Trinajstić information content (AvgIpc) is 2.95. The van der Waals surface area contributed by atoms with Crippen molar-refractivity contribution in [1.82, 2.24) is 14.8 Å². The average molecular weight is 255 g/mol. The van der Waals surface area contributed by atoms with Gasteiger partial charge in [0.2, 0.25) is 0 Å². The maximum absolute atomic E-state index is 12.9. The Bertz CT molecular complexity index is 435. The summed E-state index contributed by atoms with van der Waals surface area (Å²) in [5.41, 5.74) is 0. The first kappa shape index (κ1) is 11.6. The number of aromatic nitrogens is 3. The molecule has 0 atom stereocenters. The molecule has 90 valence electrons. The van der Waals surface area contributed by atoms with E-state index in [4.69, 9.17) is 12.2 Å². The molecule has 1 aliphatic rings. The second kappa shape index (κ2) is 3.83. The molecular weight excluding hydrogens is 246 g/mol. The van der Waals surface area contributed by atoms with Crippen LogP contribution in [0.15, 0.2) is 0 Å². The van der Waals surface area contributed by atoms with Gasteiger partial charge in [-0.05, 0) is 25.1 Å². The van der Waals surface area contributed by atoms with Crippen molar-refractivity contribution in [1.29, 1.82) is 0 Å². The SMILES string of the molecule is FC(F)C(F)(F)Cn1c(C2CC2)n[nH]c1=S. The van der Waals surface area contributed by atoms with Crippen molar-refractivity contribution in [2.45, 2.75) is 37.7 Å². The molecule has 1 heterocycles. The minimum atomic E-state index is -4.08. The van der Waals surface area contributed by atoms with E-state index in [1.54, 1.807) is 0 Å². The van der Waals surface area contributed by atoms with Crippen molar-refractivity contribution in [3.05, 3.63) is 10.6 Å². The lowest BCUT2D eigenvalue weighted by molar-refractivity contribution is -0.138. The van der Waals surface area contributed by atoms with Crippen LogP contribution >= 0.6 is 12.2 Å². The highest BCUT2D eigenvalue weighted by Crippen LogP contribution is 2.39. The highest BCUT2D eigenvalue weighted by Gasteiger charge is 2.42. The van der Waals surface area contributed by atoms with Gasteiger partial charge in [0, 0.05) is 5.92 Å². The minimum Gasteiger partial charge on any atom is -0.298 e. The maximum Gasteiger partial charge on any atom is 0.325 e. The summed E-state index contributed by atoms with van der Waals surface area (Å²) in [6, 6.07) is 0. The topological polar surface area (TPSA) is 33.6 Å². The molecule has 1 N–H and O–H groups in total. The van der Waals surface area contributed by atoms with Crippen LogP contribution in [0, 0.1) is 4.77 Å². The molecule has 0 aliphatic heterocycles. The van der Waals surface area contributed by atoms with Crippen LogP contribution in [0.25, 0.3) is 0 Å². The molecule has 2 rings (SSSR count). The van der Waals surface area contributed by atoms with Gasteiger partial charge in [0.25, 0.3) is 0 Å². The summed E-state index contributed by atoms with van der Waals surface area (Å²) in [6.45, 7) is -1.12. The summed E-state index contributed by atoms with van der Waals surface area (Å²) >= 11 is 4.74. The fourth-order valence-electron chi connectivity index (χ4n) is 1.42. The molecule has 16 heavy (non-hydrogen) atoms. The lowest BCUT2D eigenvalue weighted by Gasteiger charge is -2.16. The normalized spacial score (nSPS) is 17.1. The zero-order valence-electron chi connectivity index (χ0n) is 8.09. The first-order valence-corrected chi connectivity index (χ1v) is 5.13. The zero-order valence-corrected chi connectivity index (χ0v) is 8.91. The van der Waals surface area contributed by atoms with Gasteiger partial charge in [0.15, 0.2) is 4.77 Å². The summed E-state index contributed by atoms with van der Waals surface area (Å²) in [5.74, 6) is -3.65. The Balaban J connectivity index is 2.26. The first-order valence-electron chi connectivity index (χ1n) is 4.73. The van der Waals surface area contributed by atoms with E-state index < -0.39 is 18.9 Å². The minimum absolute atomic E-state index is 0.0396. The van der Waals surface area contributed by atoms with Gasteiger partial charge in [0.05, 0.1) is 6.54 Å². The van der Waals surface area contributed by atoms with Crippen LogP contribution in [-0.2, 0) is 6.54 Å². The van der Waals surface area contributed by atoms with Gasteiger partial charge < -0.3 is 0 Å². The van der Waals surface area contributed by atoms with Crippen LogP contribution in [0.1, 0.15) is 24.6 Å². The lowest BCUT2D eigenvalue weighted by atomic mass is 10.3. The van der Waals surface area contributed by atoms with Crippen LogP contribution in [0.2, 0.25) is 0 Å². The van der Waals surface area contributed by atoms with E-state index in [9.17, 15) is 17.6 Å². The molecule has 3 nitrogen and oxygen atoms in total. The fraction of sp³-hybridized carbons (Fsp3) is 0.750. The Morgan fingerprint density at radius 2 is 2.12 bits per heavy atom. The molecule has 8 heteroatoms. The second-order valence-corrected chi connectivity index (χ2v) is 4.20. The standard InChI is InChI=1S/C8H9F4N3S/c9-6(10)8(11,12)3-15-5(4-1-2-4)13-14-7(15)16/h4,6H,1-3H2,(H,14,16). The zero-order chi connectivity index (χ0) is 11.9. The van der Waals surface area contributed by atoms with E-state index >= 15 is 0 Å². The van der Waals surface area contributed by atoms with Crippen molar-refractivity contribution < 1.29 is 17.6 Å². The number of hydrogen-bond acceptors (Lipinski definition) is 2. The summed E-state index contributed by atoms with van der Waals surface area (Å²) in [6.07, 6.45) is -2.03. The molecule has 1 aromatic heterocycles. The highest BCUT2D eigenvalue weighted by atomic mass is 32.1. The molecule has 0 aromatic carbocycles. The van der Waals surface area contributed by atoms with Crippen molar-refractivity contribution in [3.63, 3.8) is 0 Å². The number of nitrogens with zero attached hydrogens (tertiary/aromatic N) is 2. The Hall–Kier alpha value is -0.920. The first-order chi connectivity index (χ1) is 7.42. The number of rotatable bonds is 4. The van der Waals surface area contributed by atoms with Crippen LogP contribution in [0.3, 0.4) is 0 Å². The number of H-pyrrole nitrogens is 1. The Kier molecular flexibility index (Phi) is 2.77. The van der Waals surface area contributed by atoms with Crippen molar-refractivity contribution >= 4 is 12.2 Å². The van der Waals surface area contributed by atoms with Gasteiger partial charge in [-0.3, -0.25) is 9.67 Å². The highest BCUT2D eigenvalue weighted by molar-refractivity contribution is 7.71. The molecule has 0 unspecified atom stereocenters. The number of nitrogens with one attached hydrogen (secondary N) is 1. The van der Waals surface area contributed by atoms with E-state index in [0.29, 0.717) is 5.82 Å². The largest absolute Gasteiger partial charge is 0.325 e. The number of halogens is 4. The summed E-state index contributed by atoms with van der Waals surface area (Å²) in [7, 11) is 0. The number of alkyl halides is 4. The third-order valence-corrected chi connectivity index (χ3v) is 2.73. The van der Waals surface area contributed by atoms with Crippen molar-refractivity contribution in [2.75, 3.05) is 0 Å². The van der Waals surface area contributed by atoms with E-state index in [1.165, 1.54) is 0 Å². The quantitative estimate of drug-likeness (QED) is 0.663. The summed E-state index contributed by atoms with van der Waals surface area (Å²) in [4.78, 5) is 0. The molecule has 0 bridgehead atoms. The van der Waals surface area contributed by atoms with Crippen molar-refractivity contribution in [3.8, 4) is 0 Å². The van der Waals surface area contributed by atoms with Gasteiger partial charge in [-0.2, -0.15) is 13.9 Å². The Labute approximate surface area is 93.5 Å². The molecular formula is C8H9F4N3S. The molecule has 1 aliphatic carbocycles. The van der Waals surface area contributed by atoms with Gasteiger partial charge in [-0.1, -0.05) is 0 Å². The number of hydrogen-bond donors (Lipinski definition) is 1. The summed E-state index contributed by atoms with van der Waals surface area (Å²) in [5, 5.41) is 6.15. The third kappa shape index (κ3) is 2.11. The van der Waals surface area contributed by atoms with Crippen molar-refractivity contribution in [2.24, 2.45) is 0 Å². The Morgan fingerprint density at radius 1 is 1.50 bits per heavy atom. The van der Waals surface area contributed by atoms with Crippen LogP contribution in [-0.4, -0.2) is 27.1 Å². The molecule has 0 spiro atoms. The van der Waals surface area contributed by atoms with Gasteiger partial charge in [0.1, 0.15) is 5.82 Å². The smallest absolute Gasteiger partial charge is 0.298 e.